The van der Waals surface area contributed by atoms with Crippen molar-refractivity contribution in [1.29, 1.82) is 0 Å². The predicted octanol–water partition coefficient (Wildman–Crippen LogP) is 2.54. The van der Waals surface area contributed by atoms with E-state index in [2.05, 4.69) is 4.99 Å². The van der Waals surface area contributed by atoms with Gasteiger partial charge in [-0.25, -0.2) is 0 Å². The van der Waals surface area contributed by atoms with Crippen molar-refractivity contribution in [3.63, 3.8) is 0 Å². The maximum absolute atomic E-state index is 12.7. The summed E-state index contributed by atoms with van der Waals surface area (Å²) < 4.78 is 42.8. The van der Waals surface area contributed by atoms with E-state index in [1.807, 2.05) is 0 Å². The summed E-state index contributed by atoms with van der Waals surface area (Å²) in [5.41, 5.74) is -2.02. The van der Waals surface area contributed by atoms with Crippen LogP contribution in [0, 0.1) is 0 Å². The topological polar surface area (TPSA) is 21.6 Å². The van der Waals surface area contributed by atoms with Gasteiger partial charge in [0, 0.05) is 6.21 Å². The quantitative estimate of drug-likeness (QED) is 0.742. The number of ether oxygens (including phenoxy) is 1. The van der Waals surface area contributed by atoms with Gasteiger partial charge in [0.15, 0.2) is 0 Å². The zero-order valence-electron chi connectivity index (χ0n) is 7.88. The van der Waals surface area contributed by atoms with Gasteiger partial charge in [0.05, 0.1) is 7.11 Å². The van der Waals surface area contributed by atoms with Crippen LogP contribution >= 0.6 is 0 Å². The molecule has 0 amide bonds. The van der Waals surface area contributed by atoms with Gasteiger partial charge in [-0.15, -0.1) is 0 Å². The number of hydrogen-bond donors (Lipinski definition) is 0. The Morgan fingerprint density at radius 2 is 2.00 bits per heavy atom. The van der Waals surface area contributed by atoms with Crippen molar-refractivity contribution >= 4 is 6.21 Å². The van der Waals surface area contributed by atoms with E-state index >= 15 is 0 Å². The number of aliphatic imine (C=N–C) groups is 1. The number of alkyl halides is 3. The molecular weight excluding hydrogens is 207 g/mol. The van der Waals surface area contributed by atoms with Crippen LogP contribution in [0.3, 0.4) is 0 Å². The Balaban J connectivity index is 2.38. The molecule has 0 saturated heterocycles. The number of nitrogens with zero attached hydrogens (tertiary/aromatic N) is 1. The summed E-state index contributed by atoms with van der Waals surface area (Å²) in [4.78, 5) is 3.35. The van der Waals surface area contributed by atoms with Crippen molar-refractivity contribution in [1.82, 2.24) is 0 Å². The van der Waals surface area contributed by atoms with Gasteiger partial charge in [0.1, 0.15) is 5.75 Å². The first kappa shape index (κ1) is 10.0. The van der Waals surface area contributed by atoms with E-state index in [0.29, 0.717) is 5.75 Å². The SMILES string of the molecule is COc1cccc(C2(C(F)(F)F)C=N2)c1. The summed E-state index contributed by atoms with van der Waals surface area (Å²) >= 11 is 0. The molecule has 0 radical (unpaired) electrons. The van der Waals surface area contributed by atoms with Crippen LogP contribution in [0.25, 0.3) is 0 Å². The van der Waals surface area contributed by atoms with Crippen molar-refractivity contribution in [2.75, 3.05) is 7.11 Å². The van der Waals surface area contributed by atoms with Crippen LogP contribution in [0.4, 0.5) is 13.2 Å². The van der Waals surface area contributed by atoms with E-state index in [0.717, 1.165) is 6.21 Å². The van der Waals surface area contributed by atoms with E-state index < -0.39 is 11.7 Å². The number of halogens is 3. The molecular formula is C10H8F3NO. The molecule has 0 aromatic heterocycles. The molecule has 1 aromatic carbocycles. The summed E-state index contributed by atoms with van der Waals surface area (Å²) in [5, 5.41) is 0. The Morgan fingerprint density at radius 1 is 1.33 bits per heavy atom. The Labute approximate surface area is 84.4 Å². The van der Waals surface area contributed by atoms with Crippen LogP contribution in [-0.2, 0) is 5.54 Å². The third-order valence-corrected chi connectivity index (χ3v) is 2.33. The zero-order valence-corrected chi connectivity index (χ0v) is 7.88. The summed E-state index contributed by atoms with van der Waals surface area (Å²) in [6.07, 6.45) is -3.47. The van der Waals surface area contributed by atoms with Gasteiger partial charge in [-0.1, -0.05) is 12.1 Å². The Hall–Kier alpha value is -1.52. The molecule has 1 aromatic rings. The molecule has 2 rings (SSSR count). The minimum absolute atomic E-state index is 0.0920. The van der Waals surface area contributed by atoms with Crippen LogP contribution in [-0.4, -0.2) is 19.5 Å². The van der Waals surface area contributed by atoms with E-state index in [1.54, 1.807) is 6.07 Å². The van der Waals surface area contributed by atoms with E-state index in [9.17, 15) is 13.2 Å². The summed E-state index contributed by atoms with van der Waals surface area (Å²) in [5.74, 6) is 0.395. The third kappa shape index (κ3) is 1.48. The third-order valence-electron chi connectivity index (χ3n) is 2.33. The standard InChI is InChI=1S/C10H8F3NO/c1-15-8-4-2-3-7(5-8)9(6-14-9)10(11,12)13/h2-6H,1H3. The second kappa shape index (κ2) is 2.98. The van der Waals surface area contributed by atoms with Crippen molar-refractivity contribution in [3.05, 3.63) is 29.8 Å². The summed E-state index contributed by atoms with van der Waals surface area (Å²) in [6, 6.07) is 5.85. The lowest BCUT2D eigenvalue weighted by Gasteiger charge is -2.18. The van der Waals surface area contributed by atoms with E-state index in [4.69, 9.17) is 4.74 Å². The molecule has 1 aliphatic rings. The largest absolute Gasteiger partial charge is 0.497 e. The second-order valence-electron chi connectivity index (χ2n) is 3.25. The molecule has 0 spiro atoms. The highest BCUT2D eigenvalue weighted by atomic mass is 19.4. The molecule has 1 aliphatic heterocycles. The lowest BCUT2D eigenvalue weighted by Crippen LogP contribution is -2.31. The fourth-order valence-corrected chi connectivity index (χ4v) is 1.38. The average molecular weight is 215 g/mol. The van der Waals surface area contributed by atoms with Crippen LogP contribution in [0.2, 0.25) is 0 Å². The molecule has 1 unspecified atom stereocenters. The van der Waals surface area contributed by atoms with Gasteiger partial charge in [0.2, 0.25) is 5.54 Å². The number of methoxy groups -OCH3 is 1. The predicted molar refractivity (Wildman–Crippen MR) is 49.2 cm³/mol. The molecule has 5 heteroatoms. The maximum atomic E-state index is 12.7. The van der Waals surface area contributed by atoms with Crippen molar-refractivity contribution < 1.29 is 17.9 Å². The fourth-order valence-electron chi connectivity index (χ4n) is 1.38. The van der Waals surface area contributed by atoms with Gasteiger partial charge in [0.25, 0.3) is 0 Å². The Kier molecular flexibility index (Phi) is 1.99. The minimum Gasteiger partial charge on any atom is -0.497 e. The highest BCUT2D eigenvalue weighted by Gasteiger charge is 2.61. The van der Waals surface area contributed by atoms with Crippen molar-refractivity contribution in [3.8, 4) is 5.75 Å². The highest BCUT2D eigenvalue weighted by Crippen LogP contribution is 2.48. The maximum Gasteiger partial charge on any atom is 0.422 e. The molecule has 2 nitrogen and oxygen atoms in total. The molecule has 80 valence electrons. The van der Waals surface area contributed by atoms with Crippen LogP contribution in [0.15, 0.2) is 29.3 Å². The van der Waals surface area contributed by atoms with Crippen molar-refractivity contribution in [2.45, 2.75) is 11.7 Å². The van der Waals surface area contributed by atoms with Gasteiger partial charge in [-0.3, -0.25) is 4.99 Å². The molecule has 15 heavy (non-hydrogen) atoms. The second-order valence-corrected chi connectivity index (χ2v) is 3.25. The zero-order chi connectivity index (χ0) is 11.1. The van der Waals surface area contributed by atoms with Crippen LogP contribution in [0.1, 0.15) is 5.56 Å². The Bertz CT molecular complexity index is 405. The number of hydrogen-bond acceptors (Lipinski definition) is 2. The first-order valence-electron chi connectivity index (χ1n) is 4.27. The van der Waals surface area contributed by atoms with Crippen LogP contribution in [0.5, 0.6) is 5.75 Å². The van der Waals surface area contributed by atoms with Gasteiger partial charge in [-0.05, 0) is 17.7 Å². The van der Waals surface area contributed by atoms with Gasteiger partial charge in [-0.2, -0.15) is 13.2 Å². The minimum atomic E-state index is -4.38. The lowest BCUT2D eigenvalue weighted by molar-refractivity contribution is -0.156. The average Bonchev–Trinajstić information content (AvgIpc) is 2.97. The van der Waals surface area contributed by atoms with Gasteiger partial charge >= 0.3 is 6.18 Å². The van der Waals surface area contributed by atoms with Gasteiger partial charge < -0.3 is 4.74 Å². The van der Waals surface area contributed by atoms with E-state index in [-0.39, 0.29) is 5.56 Å². The molecule has 0 saturated carbocycles. The highest BCUT2D eigenvalue weighted by molar-refractivity contribution is 5.87. The number of benzene rings is 1. The first-order valence-corrected chi connectivity index (χ1v) is 4.27. The van der Waals surface area contributed by atoms with Crippen LogP contribution < -0.4 is 4.74 Å². The van der Waals surface area contributed by atoms with Crippen molar-refractivity contribution in [2.24, 2.45) is 4.99 Å². The monoisotopic (exact) mass is 215 g/mol. The molecule has 1 heterocycles. The van der Waals surface area contributed by atoms with E-state index in [1.165, 1.54) is 25.3 Å². The number of rotatable bonds is 2. The fraction of sp³-hybridized carbons (Fsp3) is 0.300. The summed E-state index contributed by atoms with van der Waals surface area (Å²) in [7, 11) is 1.41. The summed E-state index contributed by atoms with van der Waals surface area (Å²) in [6.45, 7) is 0. The molecule has 0 aliphatic carbocycles. The molecule has 0 bridgehead atoms. The normalized spacial score (nSPS) is 24.0. The molecule has 0 fully saturated rings. The first-order chi connectivity index (χ1) is 6.99. The molecule has 1 atom stereocenters. The smallest absolute Gasteiger partial charge is 0.422 e. The lowest BCUT2D eigenvalue weighted by atomic mass is 9.97. The Morgan fingerprint density at radius 3 is 2.47 bits per heavy atom. The molecule has 0 N–H and O–H groups in total.